The molecule has 0 saturated carbocycles. The van der Waals surface area contributed by atoms with E-state index in [0.717, 1.165) is 43.3 Å². The Morgan fingerprint density at radius 1 is 1.00 bits per heavy atom. The maximum Gasteiger partial charge on any atom is 0.310 e. The van der Waals surface area contributed by atoms with Gasteiger partial charge < -0.3 is 19.1 Å². The summed E-state index contributed by atoms with van der Waals surface area (Å²) in [5.74, 6) is 0.480. The van der Waals surface area contributed by atoms with E-state index in [4.69, 9.17) is 14.2 Å². The van der Waals surface area contributed by atoms with Crippen molar-refractivity contribution >= 4 is 43.2 Å². The predicted molar refractivity (Wildman–Crippen MR) is 138 cm³/mol. The molecule has 11 nitrogen and oxygen atoms in total. The molecular weight excluding hydrogens is 498 g/mol. The van der Waals surface area contributed by atoms with Gasteiger partial charge in [-0.25, -0.2) is 11.0 Å². The van der Waals surface area contributed by atoms with Crippen molar-refractivity contribution in [3.05, 3.63) is 54.1 Å². The minimum atomic E-state index is -0.258. The number of methoxy groups -OCH3 is 1. The Morgan fingerprint density at radius 3 is 2.11 bits per heavy atom. The first-order valence-electron chi connectivity index (χ1n) is 10.6. The molecule has 1 fully saturated rings. The lowest BCUT2D eigenvalue weighted by atomic mass is 10.1. The Kier molecular flexibility index (Phi) is 17.6. The summed E-state index contributed by atoms with van der Waals surface area (Å²) in [7, 11) is 3.71. The monoisotopic (exact) mass is 531 g/mol. The van der Waals surface area contributed by atoms with Crippen molar-refractivity contribution in [2.24, 2.45) is 0 Å². The normalized spacial score (nSPS) is 12.8. The van der Waals surface area contributed by atoms with Gasteiger partial charge in [-0.1, -0.05) is 18.2 Å². The molecule has 0 amide bonds. The maximum absolute atomic E-state index is 11.2. The van der Waals surface area contributed by atoms with Gasteiger partial charge in [0.15, 0.2) is 0 Å². The van der Waals surface area contributed by atoms with Crippen LogP contribution < -0.4 is 15.7 Å². The number of nitrogens with zero attached hydrogens (tertiary/aromatic N) is 1. The van der Waals surface area contributed by atoms with E-state index in [1.165, 1.54) is 0 Å². The number of nitrogens with one attached hydrogen (secondary N) is 2. The van der Waals surface area contributed by atoms with Crippen LogP contribution in [-0.4, -0.2) is 57.9 Å². The van der Waals surface area contributed by atoms with Crippen LogP contribution in [0.4, 0.5) is 11.4 Å². The molecule has 0 spiro atoms. The third-order valence-electron chi connectivity index (χ3n) is 4.28. The lowest BCUT2D eigenvalue weighted by molar-refractivity contribution is -0.158. The predicted octanol–water partition coefficient (Wildman–Crippen LogP) is 3.68. The van der Waals surface area contributed by atoms with Crippen LogP contribution in [0.2, 0.25) is 0 Å². The van der Waals surface area contributed by atoms with E-state index < -0.39 is 0 Å². The second-order valence-electron chi connectivity index (χ2n) is 6.85. The van der Waals surface area contributed by atoms with Crippen molar-refractivity contribution in [2.75, 3.05) is 58.0 Å². The number of esters is 1. The van der Waals surface area contributed by atoms with Crippen LogP contribution in [0.25, 0.3) is 0 Å². The molecule has 0 unspecified atom stereocenters. The molecule has 1 aliphatic heterocycles. The molecule has 13 heteroatoms. The molecule has 0 atom stereocenters. The zero-order valence-electron chi connectivity index (χ0n) is 20.0. The van der Waals surface area contributed by atoms with Crippen molar-refractivity contribution in [3.63, 3.8) is 0 Å². The molecule has 0 bridgehead atoms. The van der Waals surface area contributed by atoms with Crippen molar-refractivity contribution < 1.29 is 37.6 Å². The van der Waals surface area contributed by atoms with E-state index in [-0.39, 0.29) is 12.4 Å². The fourth-order valence-electron chi connectivity index (χ4n) is 2.60. The van der Waals surface area contributed by atoms with Gasteiger partial charge in [-0.3, -0.25) is 4.79 Å². The zero-order valence-corrected chi connectivity index (χ0v) is 21.8. The number of hydrogen-bond donors (Lipinski definition) is 4. The molecule has 1 aliphatic rings. The zero-order chi connectivity index (χ0) is 25.7. The average Bonchev–Trinajstić information content (AvgIpc) is 2.88. The Balaban J connectivity index is 0.000000282. The summed E-state index contributed by atoms with van der Waals surface area (Å²) in [6, 6.07) is 14.3. The lowest BCUT2D eigenvalue weighted by Crippen LogP contribution is -2.32. The second kappa shape index (κ2) is 20.0. The molecule has 2 aromatic carbocycles. The number of benzene rings is 2. The van der Waals surface area contributed by atoms with Gasteiger partial charge in [0.25, 0.3) is 0 Å². The Labute approximate surface area is 216 Å². The van der Waals surface area contributed by atoms with Gasteiger partial charge in [0.05, 0.1) is 44.7 Å². The smallest absolute Gasteiger partial charge is 0.310 e. The van der Waals surface area contributed by atoms with E-state index in [9.17, 15) is 4.79 Å². The van der Waals surface area contributed by atoms with Gasteiger partial charge in [-0.2, -0.15) is 0 Å². The number of carbonyl (C=O) groups is 1. The summed E-state index contributed by atoms with van der Waals surface area (Å²) >= 11 is 6.78. The summed E-state index contributed by atoms with van der Waals surface area (Å²) in [4.78, 5) is 22.3. The number of anilines is 2. The molecule has 196 valence electrons. The van der Waals surface area contributed by atoms with Gasteiger partial charge in [0, 0.05) is 45.0 Å². The molecular formula is C22H33N3O8S2. The van der Waals surface area contributed by atoms with Crippen molar-refractivity contribution in [1.29, 1.82) is 0 Å². The first-order chi connectivity index (χ1) is 17.0. The summed E-state index contributed by atoms with van der Waals surface area (Å²) in [5.41, 5.74) is 7.19. The van der Waals surface area contributed by atoms with Crippen LogP contribution in [0.5, 0.6) is 5.75 Å². The molecule has 3 rings (SSSR count). The van der Waals surface area contributed by atoms with Gasteiger partial charge in [-0.15, -0.1) is 18.6 Å². The summed E-state index contributed by atoms with van der Waals surface area (Å²) in [6.45, 7) is 6.17. The van der Waals surface area contributed by atoms with Gasteiger partial charge >= 0.3 is 5.97 Å². The third-order valence-corrected chi connectivity index (χ3v) is 4.43. The number of thiol groups is 2. The van der Waals surface area contributed by atoms with Gasteiger partial charge in [-0.05, 0) is 43.8 Å². The van der Waals surface area contributed by atoms with Crippen LogP contribution in [0.3, 0.4) is 0 Å². The van der Waals surface area contributed by atoms with Crippen LogP contribution in [0.1, 0.15) is 12.5 Å². The second-order valence-corrected chi connectivity index (χ2v) is 7.15. The van der Waals surface area contributed by atoms with E-state index in [0.29, 0.717) is 12.3 Å². The number of hydrogen-bond acceptors (Lipinski definition) is 13. The maximum atomic E-state index is 11.2. The van der Waals surface area contributed by atoms with E-state index in [1.54, 1.807) is 44.4 Å². The third kappa shape index (κ3) is 15.4. The highest BCUT2D eigenvalue weighted by Crippen LogP contribution is 2.16. The van der Waals surface area contributed by atoms with Gasteiger partial charge in [0.1, 0.15) is 5.75 Å². The van der Waals surface area contributed by atoms with Crippen molar-refractivity contribution in [1.82, 2.24) is 4.90 Å². The standard InChI is InChI=1S/C10H13NO4S.C7H9NO3S.C5H11NO/c1-2-13-10(12)7-8-4-3-5-9(6-8)11-14-15-16;1-9-7-4-2-3-6(5-7)8-10-11-12;1-6-2-4-7-5-3-6/h3-6,11,16H,2,7H2,1H3;2-5,8,12H,1H3;2-5H2,1H3. The summed E-state index contributed by atoms with van der Waals surface area (Å²) in [5, 5.41) is 0. The number of carbonyl (C=O) groups excluding carboxylic acids is 1. The van der Waals surface area contributed by atoms with Gasteiger partial charge in [0.2, 0.25) is 0 Å². The number of likely N-dealkylation sites (N-methyl/N-ethyl adjacent to an activating group) is 1. The molecule has 2 aromatic rings. The first kappa shape index (κ1) is 30.8. The minimum Gasteiger partial charge on any atom is -0.497 e. The Bertz CT molecular complexity index is 829. The van der Waals surface area contributed by atoms with Crippen LogP contribution in [0.15, 0.2) is 48.5 Å². The number of morpholine rings is 1. The molecule has 1 saturated heterocycles. The molecule has 0 aromatic heterocycles. The van der Waals surface area contributed by atoms with E-state index in [2.05, 4.69) is 67.4 Å². The topological polar surface area (TPSA) is 109 Å². The van der Waals surface area contributed by atoms with E-state index >= 15 is 0 Å². The summed E-state index contributed by atoms with van der Waals surface area (Å²) in [6.07, 6.45) is 0.227. The van der Waals surface area contributed by atoms with Crippen LogP contribution in [-0.2, 0) is 39.3 Å². The largest absolute Gasteiger partial charge is 0.497 e. The highest BCUT2D eigenvalue weighted by molar-refractivity contribution is 7.75. The highest BCUT2D eigenvalue weighted by atomic mass is 32.1. The Hall–Kier alpha value is -2.23. The number of ether oxygens (including phenoxy) is 3. The average molecular weight is 532 g/mol. The fourth-order valence-corrected chi connectivity index (χ4v) is 2.67. The molecule has 0 radical (unpaired) electrons. The lowest BCUT2D eigenvalue weighted by Gasteiger charge is -2.21. The number of rotatable bonds is 10. The fraction of sp³-hybridized carbons (Fsp3) is 0.409. The van der Waals surface area contributed by atoms with Crippen molar-refractivity contribution in [3.8, 4) is 5.75 Å². The minimum absolute atomic E-state index is 0.227. The molecule has 1 heterocycles. The summed E-state index contributed by atoms with van der Waals surface area (Å²) < 4.78 is 23.1. The van der Waals surface area contributed by atoms with Crippen molar-refractivity contribution in [2.45, 2.75) is 13.3 Å². The Morgan fingerprint density at radius 2 is 1.60 bits per heavy atom. The highest BCUT2D eigenvalue weighted by Gasteiger charge is 2.04. The SMILES string of the molecule is CCOC(=O)Cc1cccc(NOOS)c1.CN1CCOCC1.COc1cccc(NOOS)c1. The molecule has 35 heavy (non-hydrogen) atoms. The van der Waals surface area contributed by atoms with E-state index in [1.807, 2.05) is 18.2 Å². The quantitative estimate of drug-likeness (QED) is 0.119. The van der Waals surface area contributed by atoms with Crippen LogP contribution in [0, 0.1) is 0 Å². The molecule has 2 N–H and O–H groups in total. The first-order valence-corrected chi connectivity index (χ1v) is 11.4. The van der Waals surface area contributed by atoms with Crippen LogP contribution >= 0.6 is 25.8 Å². The molecule has 0 aliphatic carbocycles.